The second-order valence-corrected chi connectivity index (χ2v) is 4.12. The van der Waals surface area contributed by atoms with Gasteiger partial charge in [0, 0.05) is 13.6 Å². The topological polar surface area (TPSA) is 55.0 Å². The smallest absolute Gasteiger partial charge is 0.153 e. The lowest BCUT2D eigenvalue weighted by Gasteiger charge is -2.19. The largest absolute Gasteiger partial charge is 0.382 e. The first kappa shape index (κ1) is 11.7. The Morgan fingerprint density at radius 1 is 1.24 bits per heavy atom. The fourth-order valence-electron chi connectivity index (χ4n) is 1.57. The van der Waals surface area contributed by atoms with Crippen molar-refractivity contribution in [1.82, 2.24) is 9.97 Å². The van der Waals surface area contributed by atoms with E-state index in [0.29, 0.717) is 16.7 Å². The van der Waals surface area contributed by atoms with Gasteiger partial charge >= 0.3 is 0 Å². The lowest BCUT2D eigenvalue weighted by Crippen LogP contribution is -2.18. The molecule has 0 saturated carbocycles. The summed E-state index contributed by atoms with van der Waals surface area (Å²) in [6.45, 7) is 0.719. The molecule has 0 aliphatic rings. The Morgan fingerprint density at radius 3 is 2.65 bits per heavy atom. The number of hydrogen-bond acceptors (Lipinski definition) is 4. The molecule has 1 aromatic carbocycles. The van der Waals surface area contributed by atoms with E-state index in [1.54, 1.807) is 0 Å². The molecule has 2 N–H and O–H groups in total. The summed E-state index contributed by atoms with van der Waals surface area (Å²) in [6, 6.07) is 10.1. The lowest BCUT2D eigenvalue weighted by molar-refractivity contribution is 0.892. The van der Waals surface area contributed by atoms with Crippen LogP contribution in [0.3, 0.4) is 0 Å². The van der Waals surface area contributed by atoms with Gasteiger partial charge in [-0.1, -0.05) is 41.9 Å². The molecule has 0 fully saturated rings. The average Bonchev–Trinajstić information content (AvgIpc) is 2.34. The number of nitrogens with two attached hydrogens (primary N) is 1. The summed E-state index contributed by atoms with van der Waals surface area (Å²) in [6.07, 6.45) is 1.41. The van der Waals surface area contributed by atoms with Crippen molar-refractivity contribution in [3.63, 3.8) is 0 Å². The van der Waals surface area contributed by atoms with Gasteiger partial charge in [-0.05, 0) is 5.56 Å². The zero-order valence-electron chi connectivity index (χ0n) is 9.47. The predicted octanol–water partition coefficient (Wildman–Crippen LogP) is 2.35. The molecule has 17 heavy (non-hydrogen) atoms. The van der Waals surface area contributed by atoms with Gasteiger partial charge in [0.1, 0.15) is 17.2 Å². The Labute approximate surface area is 105 Å². The molecule has 5 heteroatoms. The average molecular weight is 249 g/mol. The van der Waals surface area contributed by atoms with E-state index < -0.39 is 0 Å². The van der Waals surface area contributed by atoms with Crippen molar-refractivity contribution in [1.29, 1.82) is 0 Å². The highest BCUT2D eigenvalue weighted by atomic mass is 35.5. The Kier molecular flexibility index (Phi) is 3.44. The van der Waals surface area contributed by atoms with Crippen molar-refractivity contribution in [2.75, 3.05) is 17.7 Å². The molecular weight excluding hydrogens is 236 g/mol. The van der Waals surface area contributed by atoms with Crippen LogP contribution < -0.4 is 10.6 Å². The zero-order chi connectivity index (χ0) is 12.3. The molecule has 0 bridgehead atoms. The zero-order valence-corrected chi connectivity index (χ0v) is 10.2. The van der Waals surface area contributed by atoms with E-state index in [1.165, 1.54) is 11.9 Å². The Hall–Kier alpha value is -1.81. The molecule has 0 saturated heterocycles. The summed E-state index contributed by atoms with van der Waals surface area (Å²) in [4.78, 5) is 9.92. The van der Waals surface area contributed by atoms with E-state index in [1.807, 2.05) is 30.1 Å². The fourth-order valence-corrected chi connectivity index (χ4v) is 1.81. The van der Waals surface area contributed by atoms with Crippen LogP contribution >= 0.6 is 11.6 Å². The minimum absolute atomic E-state index is 0.302. The maximum atomic E-state index is 6.06. The summed E-state index contributed by atoms with van der Waals surface area (Å²) in [5.74, 6) is 0.944. The maximum Gasteiger partial charge on any atom is 0.153 e. The first-order valence-corrected chi connectivity index (χ1v) is 5.57. The summed E-state index contributed by atoms with van der Waals surface area (Å²) in [5, 5.41) is 0.394. The standard InChI is InChI=1S/C12H13ClN4/c1-17(7-9-5-3-2-4-6-9)12-10(13)11(14)15-8-16-12/h2-6,8H,7H2,1H3,(H2,14,15,16). The molecule has 4 nitrogen and oxygen atoms in total. The van der Waals surface area contributed by atoms with Gasteiger partial charge in [0.2, 0.25) is 0 Å². The number of aromatic nitrogens is 2. The molecule has 1 heterocycles. The molecule has 0 spiro atoms. The van der Waals surface area contributed by atoms with Crippen LogP contribution in [-0.2, 0) is 6.54 Å². The van der Waals surface area contributed by atoms with Crippen molar-refractivity contribution in [2.24, 2.45) is 0 Å². The normalized spacial score (nSPS) is 10.2. The van der Waals surface area contributed by atoms with Crippen LogP contribution in [0, 0.1) is 0 Å². The Balaban J connectivity index is 2.20. The van der Waals surface area contributed by atoms with E-state index in [2.05, 4.69) is 22.1 Å². The second kappa shape index (κ2) is 5.01. The molecule has 1 aromatic heterocycles. The van der Waals surface area contributed by atoms with Crippen LogP contribution in [0.5, 0.6) is 0 Å². The molecule has 0 aliphatic carbocycles. The van der Waals surface area contributed by atoms with Gasteiger partial charge in [-0.2, -0.15) is 0 Å². The molecule has 0 unspecified atom stereocenters. The molecule has 0 radical (unpaired) electrons. The molecule has 0 atom stereocenters. The highest BCUT2D eigenvalue weighted by Gasteiger charge is 2.11. The van der Waals surface area contributed by atoms with Crippen LogP contribution in [0.15, 0.2) is 36.7 Å². The van der Waals surface area contributed by atoms with E-state index in [4.69, 9.17) is 17.3 Å². The van der Waals surface area contributed by atoms with Gasteiger partial charge in [0.15, 0.2) is 5.82 Å². The van der Waals surface area contributed by atoms with E-state index in [-0.39, 0.29) is 0 Å². The monoisotopic (exact) mass is 248 g/mol. The number of benzene rings is 1. The van der Waals surface area contributed by atoms with Crippen molar-refractivity contribution in [3.8, 4) is 0 Å². The number of nitrogen functional groups attached to an aromatic ring is 1. The minimum Gasteiger partial charge on any atom is -0.382 e. The molecule has 2 aromatic rings. The van der Waals surface area contributed by atoms with Crippen LogP contribution in [-0.4, -0.2) is 17.0 Å². The van der Waals surface area contributed by atoms with Crippen molar-refractivity contribution in [2.45, 2.75) is 6.54 Å². The van der Waals surface area contributed by atoms with Crippen LogP contribution in [0.4, 0.5) is 11.6 Å². The lowest BCUT2D eigenvalue weighted by atomic mass is 10.2. The third-order valence-electron chi connectivity index (χ3n) is 2.42. The second-order valence-electron chi connectivity index (χ2n) is 3.74. The van der Waals surface area contributed by atoms with E-state index >= 15 is 0 Å². The first-order valence-electron chi connectivity index (χ1n) is 5.19. The quantitative estimate of drug-likeness (QED) is 0.906. The number of nitrogens with zero attached hydrogens (tertiary/aromatic N) is 3. The van der Waals surface area contributed by atoms with Crippen molar-refractivity contribution >= 4 is 23.2 Å². The van der Waals surface area contributed by atoms with Gasteiger partial charge in [-0.15, -0.1) is 0 Å². The van der Waals surface area contributed by atoms with E-state index in [0.717, 1.165) is 6.54 Å². The summed E-state index contributed by atoms with van der Waals surface area (Å²) >= 11 is 6.06. The first-order chi connectivity index (χ1) is 8.18. The number of hydrogen-bond donors (Lipinski definition) is 1. The van der Waals surface area contributed by atoms with Crippen LogP contribution in [0.2, 0.25) is 5.02 Å². The minimum atomic E-state index is 0.302. The molecule has 0 aliphatic heterocycles. The highest BCUT2D eigenvalue weighted by molar-refractivity contribution is 6.35. The van der Waals surface area contributed by atoms with Gasteiger partial charge < -0.3 is 10.6 Å². The van der Waals surface area contributed by atoms with Gasteiger partial charge in [-0.25, -0.2) is 9.97 Å². The predicted molar refractivity (Wildman–Crippen MR) is 70.0 cm³/mol. The number of halogens is 1. The van der Waals surface area contributed by atoms with Crippen molar-refractivity contribution in [3.05, 3.63) is 47.2 Å². The van der Waals surface area contributed by atoms with Gasteiger partial charge in [0.05, 0.1) is 0 Å². The maximum absolute atomic E-state index is 6.06. The van der Waals surface area contributed by atoms with Crippen LogP contribution in [0.25, 0.3) is 0 Å². The Morgan fingerprint density at radius 2 is 1.94 bits per heavy atom. The molecular formula is C12H13ClN4. The SMILES string of the molecule is CN(Cc1ccccc1)c1ncnc(N)c1Cl. The van der Waals surface area contributed by atoms with Gasteiger partial charge in [-0.3, -0.25) is 0 Å². The third kappa shape index (κ3) is 2.65. The van der Waals surface area contributed by atoms with Gasteiger partial charge in [0.25, 0.3) is 0 Å². The third-order valence-corrected chi connectivity index (χ3v) is 2.78. The summed E-state index contributed by atoms with van der Waals surface area (Å²) in [7, 11) is 1.92. The fraction of sp³-hybridized carbons (Fsp3) is 0.167. The number of anilines is 2. The highest BCUT2D eigenvalue weighted by Crippen LogP contribution is 2.26. The van der Waals surface area contributed by atoms with E-state index in [9.17, 15) is 0 Å². The molecule has 0 amide bonds. The molecule has 88 valence electrons. The van der Waals surface area contributed by atoms with Crippen molar-refractivity contribution < 1.29 is 0 Å². The summed E-state index contributed by atoms with van der Waals surface area (Å²) < 4.78 is 0. The molecule has 2 rings (SSSR count). The number of rotatable bonds is 3. The summed E-state index contributed by atoms with van der Waals surface area (Å²) in [5.41, 5.74) is 6.83. The Bertz CT molecular complexity index is 501. The van der Waals surface area contributed by atoms with Crippen LogP contribution in [0.1, 0.15) is 5.56 Å².